The Morgan fingerprint density at radius 3 is 2.48 bits per heavy atom. The van der Waals surface area contributed by atoms with E-state index >= 15 is 0 Å². The van der Waals surface area contributed by atoms with Gasteiger partial charge in [0.05, 0.1) is 5.69 Å². The molecule has 2 aromatic rings. The summed E-state index contributed by atoms with van der Waals surface area (Å²) in [5, 5.41) is 8.16. The molecule has 1 aromatic heterocycles. The highest BCUT2D eigenvalue weighted by atomic mass is 32.1. The summed E-state index contributed by atoms with van der Waals surface area (Å²) in [6, 6.07) is 7.51. The average molecular weight is 331 g/mol. The minimum atomic E-state index is -0.0532. The van der Waals surface area contributed by atoms with Crippen LogP contribution in [0.4, 0.5) is 10.8 Å². The number of aromatic nitrogens is 1. The molecule has 6 heteroatoms. The van der Waals surface area contributed by atoms with Gasteiger partial charge in [0.15, 0.2) is 5.13 Å². The van der Waals surface area contributed by atoms with E-state index < -0.39 is 0 Å². The van der Waals surface area contributed by atoms with Crippen molar-refractivity contribution < 1.29 is 9.59 Å². The number of amides is 2. The lowest BCUT2D eigenvalue weighted by molar-refractivity contribution is -0.119. The molecule has 0 bridgehead atoms. The Bertz CT molecular complexity index is 677. The van der Waals surface area contributed by atoms with Gasteiger partial charge in [0, 0.05) is 29.0 Å². The van der Waals surface area contributed by atoms with Crippen LogP contribution in [0.5, 0.6) is 0 Å². The first-order valence-electron chi connectivity index (χ1n) is 7.66. The first kappa shape index (κ1) is 17.1. The van der Waals surface area contributed by atoms with E-state index in [1.54, 1.807) is 0 Å². The highest BCUT2D eigenvalue weighted by molar-refractivity contribution is 7.14. The standard InChI is InChI=1S/C17H21N3O2S/c1-4-5-15(21)20-17-19-14(10-23-17)12-6-8-13(9-7-12)18-16(22)11(2)3/h6-11H,4-5H2,1-3H3,(H,18,22)(H,19,20,21). The van der Waals surface area contributed by atoms with E-state index in [2.05, 4.69) is 15.6 Å². The minimum absolute atomic E-state index is 0.00710. The zero-order chi connectivity index (χ0) is 16.8. The number of carbonyl (C=O) groups excluding carboxylic acids is 2. The van der Waals surface area contributed by atoms with E-state index in [9.17, 15) is 9.59 Å². The second-order valence-corrected chi connectivity index (χ2v) is 6.42. The van der Waals surface area contributed by atoms with E-state index in [-0.39, 0.29) is 17.7 Å². The number of carbonyl (C=O) groups is 2. The second-order valence-electron chi connectivity index (χ2n) is 5.56. The summed E-state index contributed by atoms with van der Waals surface area (Å²) in [5.41, 5.74) is 2.52. The molecule has 2 rings (SSSR count). The molecular weight excluding hydrogens is 310 g/mol. The fraction of sp³-hybridized carbons (Fsp3) is 0.353. The third kappa shape index (κ3) is 4.89. The predicted molar refractivity (Wildman–Crippen MR) is 94.6 cm³/mol. The summed E-state index contributed by atoms with van der Waals surface area (Å²) in [4.78, 5) is 27.7. The van der Waals surface area contributed by atoms with Gasteiger partial charge in [-0.2, -0.15) is 0 Å². The van der Waals surface area contributed by atoms with Crippen LogP contribution in [0.15, 0.2) is 29.6 Å². The zero-order valence-electron chi connectivity index (χ0n) is 13.6. The van der Waals surface area contributed by atoms with Crippen LogP contribution in [0.25, 0.3) is 11.3 Å². The number of nitrogens with one attached hydrogen (secondary N) is 2. The van der Waals surface area contributed by atoms with Gasteiger partial charge in [0.25, 0.3) is 0 Å². The number of hydrogen-bond donors (Lipinski definition) is 2. The maximum Gasteiger partial charge on any atom is 0.226 e. The first-order chi connectivity index (χ1) is 11.0. The summed E-state index contributed by atoms with van der Waals surface area (Å²) in [5.74, 6) is -0.0741. The molecule has 1 aromatic carbocycles. The van der Waals surface area contributed by atoms with Crippen molar-refractivity contribution in [3.63, 3.8) is 0 Å². The summed E-state index contributed by atoms with van der Waals surface area (Å²) in [7, 11) is 0. The van der Waals surface area contributed by atoms with E-state index in [1.807, 2.05) is 50.4 Å². The van der Waals surface area contributed by atoms with Crippen LogP contribution < -0.4 is 10.6 Å². The lowest BCUT2D eigenvalue weighted by Gasteiger charge is -2.07. The molecule has 2 amide bonds. The molecule has 5 nitrogen and oxygen atoms in total. The number of anilines is 2. The molecule has 0 fully saturated rings. The molecule has 0 spiro atoms. The Morgan fingerprint density at radius 1 is 1.17 bits per heavy atom. The van der Waals surface area contributed by atoms with E-state index in [0.29, 0.717) is 11.6 Å². The largest absolute Gasteiger partial charge is 0.326 e. The van der Waals surface area contributed by atoms with Crippen LogP contribution >= 0.6 is 11.3 Å². The van der Waals surface area contributed by atoms with Crippen molar-refractivity contribution in [2.45, 2.75) is 33.6 Å². The van der Waals surface area contributed by atoms with Crippen LogP contribution in [0.1, 0.15) is 33.6 Å². The van der Waals surface area contributed by atoms with Crippen molar-refractivity contribution in [1.82, 2.24) is 4.98 Å². The number of hydrogen-bond acceptors (Lipinski definition) is 4. The van der Waals surface area contributed by atoms with E-state index in [4.69, 9.17) is 0 Å². The molecule has 0 atom stereocenters. The van der Waals surface area contributed by atoms with Crippen LogP contribution in [-0.2, 0) is 9.59 Å². The smallest absolute Gasteiger partial charge is 0.226 e. The van der Waals surface area contributed by atoms with Crippen LogP contribution in [0.3, 0.4) is 0 Å². The summed E-state index contributed by atoms with van der Waals surface area (Å²) >= 11 is 1.40. The fourth-order valence-corrected chi connectivity index (χ4v) is 2.62. The highest BCUT2D eigenvalue weighted by Gasteiger charge is 2.09. The van der Waals surface area contributed by atoms with Crippen molar-refractivity contribution >= 4 is 34.0 Å². The fourth-order valence-electron chi connectivity index (χ4n) is 1.88. The lowest BCUT2D eigenvalue weighted by atomic mass is 10.1. The molecule has 0 saturated carbocycles. The van der Waals surface area contributed by atoms with Gasteiger partial charge in [0.1, 0.15) is 0 Å². The normalized spacial score (nSPS) is 10.6. The third-order valence-electron chi connectivity index (χ3n) is 3.20. The average Bonchev–Trinajstić information content (AvgIpc) is 2.96. The molecule has 0 radical (unpaired) electrons. The number of nitrogens with zero attached hydrogens (tertiary/aromatic N) is 1. The number of thiazole rings is 1. The van der Waals surface area contributed by atoms with Gasteiger partial charge >= 0.3 is 0 Å². The van der Waals surface area contributed by atoms with Crippen molar-refractivity contribution in [3.8, 4) is 11.3 Å². The Hall–Kier alpha value is -2.21. The maximum absolute atomic E-state index is 11.7. The molecule has 0 aliphatic carbocycles. The van der Waals surface area contributed by atoms with Crippen molar-refractivity contribution in [1.29, 1.82) is 0 Å². The lowest BCUT2D eigenvalue weighted by Crippen LogP contribution is -2.17. The van der Waals surface area contributed by atoms with Crippen LogP contribution in [-0.4, -0.2) is 16.8 Å². The van der Waals surface area contributed by atoms with Gasteiger partial charge in [-0.05, 0) is 18.6 Å². The third-order valence-corrected chi connectivity index (χ3v) is 3.96. The summed E-state index contributed by atoms with van der Waals surface area (Å²) in [6.07, 6.45) is 1.31. The quantitative estimate of drug-likeness (QED) is 0.835. The van der Waals surface area contributed by atoms with Gasteiger partial charge in [-0.25, -0.2) is 4.98 Å². The first-order valence-corrected chi connectivity index (χ1v) is 8.54. The van der Waals surface area contributed by atoms with Gasteiger partial charge in [-0.15, -0.1) is 11.3 Å². The topological polar surface area (TPSA) is 71.1 Å². The molecule has 122 valence electrons. The minimum Gasteiger partial charge on any atom is -0.326 e. The number of benzene rings is 1. The molecule has 0 saturated heterocycles. The molecule has 1 heterocycles. The SMILES string of the molecule is CCCC(=O)Nc1nc(-c2ccc(NC(=O)C(C)C)cc2)cs1. The van der Waals surface area contributed by atoms with Crippen LogP contribution in [0, 0.1) is 5.92 Å². The predicted octanol–water partition coefficient (Wildman–Crippen LogP) is 4.14. The zero-order valence-corrected chi connectivity index (χ0v) is 14.4. The summed E-state index contributed by atoms with van der Waals surface area (Å²) < 4.78 is 0. The number of rotatable bonds is 6. The molecule has 2 N–H and O–H groups in total. The molecule has 23 heavy (non-hydrogen) atoms. The van der Waals surface area contributed by atoms with Crippen LogP contribution in [0.2, 0.25) is 0 Å². The highest BCUT2D eigenvalue weighted by Crippen LogP contribution is 2.26. The van der Waals surface area contributed by atoms with E-state index in [1.165, 1.54) is 11.3 Å². The Balaban J connectivity index is 2.04. The second kappa shape index (κ2) is 7.87. The Labute approximate surface area is 140 Å². The van der Waals surface area contributed by atoms with Gasteiger partial charge in [0.2, 0.25) is 11.8 Å². The molecule has 0 aliphatic rings. The van der Waals surface area contributed by atoms with Crippen molar-refractivity contribution in [2.75, 3.05) is 10.6 Å². The molecule has 0 aliphatic heterocycles. The van der Waals surface area contributed by atoms with Crippen molar-refractivity contribution in [3.05, 3.63) is 29.6 Å². The van der Waals surface area contributed by atoms with E-state index in [0.717, 1.165) is 23.4 Å². The molecule has 0 unspecified atom stereocenters. The van der Waals surface area contributed by atoms with Crippen molar-refractivity contribution in [2.24, 2.45) is 5.92 Å². The Morgan fingerprint density at radius 2 is 1.87 bits per heavy atom. The molecular formula is C17H21N3O2S. The van der Waals surface area contributed by atoms with Gasteiger partial charge in [-0.3, -0.25) is 9.59 Å². The van der Waals surface area contributed by atoms with Gasteiger partial charge < -0.3 is 10.6 Å². The van der Waals surface area contributed by atoms with Gasteiger partial charge in [-0.1, -0.05) is 32.9 Å². The Kier molecular flexibility index (Phi) is 5.87. The maximum atomic E-state index is 11.7. The summed E-state index contributed by atoms with van der Waals surface area (Å²) in [6.45, 7) is 5.67. The monoisotopic (exact) mass is 331 g/mol.